The van der Waals surface area contributed by atoms with Gasteiger partial charge in [0.1, 0.15) is 0 Å². The van der Waals surface area contributed by atoms with Crippen LogP contribution in [0.25, 0.3) is 0 Å². The average molecular weight is 161 g/mol. The van der Waals surface area contributed by atoms with Crippen molar-refractivity contribution in [1.29, 1.82) is 0 Å². The number of rotatable bonds is 2. The van der Waals surface area contributed by atoms with E-state index in [-0.39, 0.29) is 0 Å². The van der Waals surface area contributed by atoms with Crippen LogP contribution in [0.1, 0.15) is 6.42 Å². The number of halogens is 4. The van der Waals surface area contributed by atoms with Crippen molar-refractivity contribution in [2.75, 3.05) is 0 Å². The second-order valence-corrected chi connectivity index (χ2v) is 2.15. The van der Waals surface area contributed by atoms with E-state index in [0.717, 1.165) is 0 Å². The molecule has 0 amide bonds. The first-order chi connectivity index (χ1) is 3.50. The summed E-state index contributed by atoms with van der Waals surface area (Å²) >= 11 is 9.36. The molecule has 0 saturated carbocycles. The molecule has 48 valence electrons. The molecule has 0 heterocycles. The zero-order chi connectivity index (χ0) is 6.78. The highest BCUT2D eigenvalue weighted by Gasteiger charge is 2.35. The fraction of sp³-hybridized carbons (Fsp3) is 0.500. The zero-order valence-corrected chi connectivity index (χ0v) is 5.44. The first-order valence-corrected chi connectivity index (χ1v) is 2.62. The van der Waals surface area contributed by atoms with Gasteiger partial charge in [-0.3, -0.25) is 0 Å². The van der Waals surface area contributed by atoms with Crippen LogP contribution in [-0.4, -0.2) is 5.13 Å². The maximum atomic E-state index is 12.1. The largest absolute Gasteiger partial charge is 0.283 e. The van der Waals surface area contributed by atoms with Gasteiger partial charge >= 0.3 is 0 Å². The van der Waals surface area contributed by atoms with Crippen molar-refractivity contribution in [3.8, 4) is 0 Å². The van der Waals surface area contributed by atoms with E-state index in [1.807, 2.05) is 0 Å². The predicted octanol–water partition coefficient (Wildman–Crippen LogP) is 2.81. The van der Waals surface area contributed by atoms with E-state index in [1.165, 1.54) is 0 Å². The summed E-state index contributed by atoms with van der Waals surface area (Å²) in [6, 6.07) is 0. The minimum absolute atomic E-state index is 0.413. The maximum Gasteiger partial charge on any atom is 0.283 e. The van der Waals surface area contributed by atoms with Crippen molar-refractivity contribution in [2.45, 2.75) is 11.5 Å². The topological polar surface area (TPSA) is 0 Å². The van der Waals surface area contributed by atoms with Gasteiger partial charge in [0.25, 0.3) is 5.63 Å². The number of hydrogen-bond donors (Lipinski definition) is 0. The van der Waals surface area contributed by atoms with Crippen LogP contribution in [-0.2, 0) is 0 Å². The van der Waals surface area contributed by atoms with Crippen molar-refractivity contribution < 1.29 is 8.78 Å². The molecule has 0 aliphatic carbocycles. The van der Waals surface area contributed by atoms with Crippen LogP contribution >= 0.6 is 23.2 Å². The summed E-state index contributed by atoms with van der Waals surface area (Å²) in [5, 5.41) is -2.58. The Bertz CT molecular complexity index is 72.4. The quantitative estimate of drug-likeness (QED) is 0.546. The van der Waals surface area contributed by atoms with Gasteiger partial charge in [0.15, 0.2) is 0 Å². The fourth-order valence-corrected chi connectivity index (χ4v) is 0.189. The third-order valence-corrected chi connectivity index (χ3v) is 1.34. The van der Waals surface area contributed by atoms with Crippen LogP contribution in [0.3, 0.4) is 0 Å². The maximum absolute atomic E-state index is 12.1. The van der Waals surface area contributed by atoms with Gasteiger partial charge in [-0.05, 0) is 6.92 Å². The summed E-state index contributed by atoms with van der Waals surface area (Å²) in [7, 11) is 0. The molecule has 1 atom stereocenters. The monoisotopic (exact) mass is 160 g/mol. The molecule has 0 bridgehead atoms. The van der Waals surface area contributed by atoms with E-state index in [9.17, 15) is 8.78 Å². The van der Waals surface area contributed by atoms with Gasteiger partial charge in [-0.15, -0.1) is 0 Å². The average Bonchev–Trinajstić information content (AvgIpc) is 1.67. The lowest BCUT2D eigenvalue weighted by molar-refractivity contribution is 0.253. The predicted molar refractivity (Wildman–Crippen MR) is 29.9 cm³/mol. The zero-order valence-electron chi connectivity index (χ0n) is 3.93. The van der Waals surface area contributed by atoms with Gasteiger partial charge in [0.05, 0.1) is 0 Å². The molecule has 0 aliphatic heterocycles. The van der Waals surface area contributed by atoms with E-state index < -0.39 is 17.2 Å². The second kappa shape index (κ2) is 2.83. The lowest BCUT2D eigenvalue weighted by Gasteiger charge is -2.12. The van der Waals surface area contributed by atoms with Crippen molar-refractivity contribution in [3.05, 3.63) is 12.6 Å². The first-order valence-electron chi connectivity index (χ1n) is 1.86. The molecule has 0 rings (SSSR count). The number of hydrogen-bond acceptors (Lipinski definition) is 0. The van der Waals surface area contributed by atoms with Gasteiger partial charge in [0.2, 0.25) is 5.13 Å². The molecule has 0 aromatic carbocycles. The molecule has 0 aliphatic rings. The van der Waals surface area contributed by atoms with Crippen LogP contribution in [0.5, 0.6) is 0 Å². The lowest BCUT2D eigenvalue weighted by atomic mass is 10.3. The normalized spacial score (nSPS) is 18.8. The Hall–Kier alpha value is 0.440. The summed E-state index contributed by atoms with van der Waals surface area (Å²) in [6.45, 7) is 3.03. The van der Waals surface area contributed by atoms with Crippen LogP contribution in [0.4, 0.5) is 8.78 Å². The van der Waals surface area contributed by atoms with Gasteiger partial charge in [-0.2, -0.15) is 0 Å². The molecule has 0 N–H and O–H groups in total. The highest BCUT2D eigenvalue weighted by atomic mass is 35.5. The van der Waals surface area contributed by atoms with E-state index in [1.54, 1.807) is 0 Å². The molecule has 0 aromatic rings. The van der Waals surface area contributed by atoms with Crippen molar-refractivity contribution in [1.82, 2.24) is 0 Å². The Morgan fingerprint density at radius 3 is 2.12 bits per heavy atom. The molecule has 0 nitrogen and oxygen atoms in total. The van der Waals surface area contributed by atoms with E-state index in [2.05, 4.69) is 18.5 Å². The Balaban J connectivity index is 3.71. The molecule has 0 spiro atoms. The Labute approximate surface area is 56.8 Å². The van der Waals surface area contributed by atoms with Crippen LogP contribution in [0.15, 0.2) is 0 Å². The standard InChI is InChI=1S/C4H4Cl2F2/c1-2-4(6,8)3(5)7/h1-2H2. The van der Waals surface area contributed by atoms with Crippen LogP contribution in [0, 0.1) is 12.6 Å². The molecule has 0 saturated heterocycles. The second-order valence-electron chi connectivity index (χ2n) is 1.21. The van der Waals surface area contributed by atoms with Gasteiger partial charge in [-0.25, -0.2) is 8.78 Å². The molecule has 2 radical (unpaired) electrons. The van der Waals surface area contributed by atoms with Gasteiger partial charge in [0, 0.05) is 6.42 Å². The molecular weight excluding hydrogens is 157 g/mol. The van der Waals surface area contributed by atoms with Crippen molar-refractivity contribution in [3.63, 3.8) is 0 Å². The minimum atomic E-state index is -2.58. The molecule has 0 aromatic heterocycles. The van der Waals surface area contributed by atoms with E-state index in [4.69, 9.17) is 11.6 Å². The highest BCUT2D eigenvalue weighted by Crippen LogP contribution is 2.35. The lowest BCUT2D eigenvalue weighted by Crippen LogP contribution is -2.15. The van der Waals surface area contributed by atoms with E-state index >= 15 is 0 Å². The fourth-order valence-electron chi connectivity index (χ4n) is 0.0945. The van der Waals surface area contributed by atoms with Gasteiger partial charge in [-0.1, -0.05) is 23.2 Å². The Morgan fingerprint density at radius 1 is 1.75 bits per heavy atom. The third-order valence-electron chi connectivity index (χ3n) is 0.590. The third kappa shape index (κ3) is 2.14. The van der Waals surface area contributed by atoms with E-state index in [0.29, 0.717) is 0 Å². The van der Waals surface area contributed by atoms with Crippen molar-refractivity contribution in [2.24, 2.45) is 0 Å². The SMILES string of the molecule is [CH2]CC(F)(Cl)[C](F)Cl. The van der Waals surface area contributed by atoms with Crippen LogP contribution < -0.4 is 0 Å². The van der Waals surface area contributed by atoms with Gasteiger partial charge < -0.3 is 0 Å². The molecule has 8 heavy (non-hydrogen) atoms. The summed E-state index contributed by atoms with van der Waals surface area (Å²) in [5.41, 5.74) is -1.46. The molecule has 0 fully saturated rings. The molecule has 4 heteroatoms. The summed E-state index contributed by atoms with van der Waals surface area (Å²) in [4.78, 5) is 0. The first kappa shape index (κ1) is 8.44. The Morgan fingerprint density at radius 2 is 2.12 bits per heavy atom. The summed E-state index contributed by atoms with van der Waals surface area (Å²) in [5.74, 6) is 0. The smallest absolute Gasteiger partial charge is 0.221 e. The molecule has 1 unspecified atom stereocenters. The van der Waals surface area contributed by atoms with Crippen molar-refractivity contribution >= 4 is 23.2 Å². The number of alkyl halides is 2. The molecular formula is C4H4Cl2F2. The highest BCUT2D eigenvalue weighted by molar-refractivity contribution is 6.35. The Kier molecular flexibility index (Phi) is 2.99. The minimum Gasteiger partial charge on any atom is -0.221 e. The summed E-state index contributed by atoms with van der Waals surface area (Å²) in [6.07, 6.45) is -0.413. The van der Waals surface area contributed by atoms with Crippen LogP contribution in [0.2, 0.25) is 0 Å². The summed E-state index contributed by atoms with van der Waals surface area (Å²) < 4.78 is 23.7.